The summed E-state index contributed by atoms with van der Waals surface area (Å²) in [5.41, 5.74) is 4.56. The van der Waals surface area contributed by atoms with Crippen LogP contribution in [0.25, 0.3) is 0 Å². The molecule has 0 radical (unpaired) electrons. The van der Waals surface area contributed by atoms with Gasteiger partial charge in [-0.05, 0) is 75.4 Å². The van der Waals surface area contributed by atoms with E-state index in [-0.39, 0.29) is 28.9 Å². The highest BCUT2D eigenvalue weighted by molar-refractivity contribution is 6.42. The molecule has 7 nitrogen and oxygen atoms in total. The summed E-state index contributed by atoms with van der Waals surface area (Å²) in [5, 5.41) is 3.63. The van der Waals surface area contributed by atoms with E-state index < -0.39 is 11.8 Å². The van der Waals surface area contributed by atoms with Crippen LogP contribution in [-0.2, 0) is 14.4 Å². The van der Waals surface area contributed by atoms with Crippen molar-refractivity contribution in [2.45, 2.75) is 58.3 Å². The van der Waals surface area contributed by atoms with Crippen molar-refractivity contribution >= 4 is 58.0 Å². The van der Waals surface area contributed by atoms with Crippen molar-refractivity contribution < 1.29 is 23.9 Å². The van der Waals surface area contributed by atoms with Crippen LogP contribution in [0.4, 0.5) is 5.69 Å². The van der Waals surface area contributed by atoms with Crippen LogP contribution in [-0.4, -0.2) is 42.1 Å². The van der Waals surface area contributed by atoms with Gasteiger partial charge < -0.3 is 19.7 Å². The lowest BCUT2D eigenvalue weighted by Crippen LogP contribution is -2.39. The van der Waals surface area contributed by atoms with Crippen LogP contribution in [0, 0.1) is 0 Å². The standard InChI is InChI=1S/C31H31Cl3N2O5/c1-3-36-22-7-5-9-24(37)29(22)28(30-23(36)8-6-10-25(30)38)17-13-21(34)31(26(14-17)40-4-2)41-16-27(39)35-18-11-12-19(32)20(33)15-18/h11-15,28H,3-10,16H2,1-2H3,(H,35,39). The molecule has 10 heteroatoms. The van der Waals surface area contributed by atoms with Crippen molar-refractivity contribution in [2.24, 2.45) is 0 Å². The topological polar surface area (TPSA) is 84.9 Å². The van der Waals surface area contributed by atoms with Crippen LogP contribution < -0.4 is 14.8 Å². The number of carbonyl (C=O) groups excluding carboxylic acids is 3. The van der Waals surface area contributed by atoms with E-state index in [4.69, 9.17) is 44.3 Å². The Kier molecular flexibility index (Phi) is 8.97. The zero-order chi connectivity index (χ0) is 29.3. The summed E-state index contributed by atoms with van der Waals surface area (Å²) in [4.78, 5) is 41.7. The van der Waals surface area contributed by atoms with E-state index in [1.54, 1.807) is 30.3 Å². The van der Waals surface area contributed by atoms with Crippen molar-refractivity contribution in [2.75, 3.05) is 25.1 Å². The first-order valence-electron chi connectivity index (χ1n) is 13.9. The molecule has 41 heavy (non-hydrogen) atoms. The molecular formula is C31H31Cl3N2O5. The Morgan fingerprint density at radius 2 is 1.54 bits per heavy atom. The number of benzene rings is 2. The second-order valence-corrected chi connectivity index (χ2v) is 11.4. The zero-order valence-corrected chi connectivity index (χ0v) is 25.2. The number of halogens is 3. The largest absolute Gasteiger partial charge is 0.490 e. The smallest absolute Gasteiger partial charge is 0.262 e. The Balaban J connectivity index is 1.49. The Hall–Kier alpha value is -3.00. The fourth-order valence-electron chi connectivity index (χ4n) is 6.00. The fraction of sp³-hybridized carbons (Fsp3) is 0.387. The number of amides is 1. The number of ether oxygens (including phenoxy) is 2. The molecule has 216 valence electrons. The summed E-state index contributed by atoms with van der Waals surface area (Å²) in [6.07, 6.45) is 4.06. The molecule has 0 saturated heterocycles. The van der Waals surface area contributed by atoms with Gasteiger partial charge in [0.2, 0.25) is 0 Å². The average Bonchev–Trinajstić information content (AvgIpc) is 2.94. The van der Waals surface area contributed by atoms with Crippen LogP contribution in [0.1, 0.15) is 63.9 Å². The van der Waals surface area contributed by atoms with Crippen LogP contribution >= 0.6 is 34.8 Å². The number of hydrogen-bond donors (Lipinski definition) is 1. The van der Waals surface area contributed by atoms with Gasteiger partial charge >= 0.3 is 0 Å². The maximum Gasteiger partial charge on any atom is 0.262 e. The van der Waals surface area contributed by atoms with Crippen LogP contribution in [0.2, 0.25) is 15.1 Å². The SMILES string of the molecule is CCOc1cc(C2C3=C(CCCC3=O)N(CC)C3=C2C(=O)CCC3)cc(Cl)c1OCC(=O)Nc1ccc(Cl)c(Cl)c1. The van der Waals surface area contributed by atoms with E-state index in [9.17, 15) is 14.4 Å². The third-order valence-electron chi connectivity index (χ3n) is 7.62. The molecule has 1 N–H and O–H groups in total. The maximum atomic E-state index is 13.4. The van der Waals surface area contributed by atoms with E-state index >= 15 is 0 Å². The van der Waals surface area contributed by atoms with Gasteiger partial charge in [0.05, 0.1) is 21.7 Å². The third kappa shape index (κ3) is 5.85. The van der Waals surface area contributed by atoms with Gasteiger partial charge in [-0.1, -0.05) is 34.8 Å². The predicted molar refractivity (Wildman–Crippen MR) is 160 cm³/mol. The van der Waals surface area contributed by atoms with Gasteiger partial charge in [-0.2, -0.15) is 0 Å². The Bertz CT molecular complexity index is 1440. The van der Waals surface area contributed by atoms with E-state index in [1.807, 2.05) is 6.92 Å². The molecule has 1 amide bonds. The number of hydrogen-bond acceptors (Lipinski definition) is 6. The molecule has 1 heterocycles. The van der Waals surface area contributed by atoms with E-state index in [0.29, 0.717) is 64.2 Å². The monoisotopic (exact) mass is 616 g/mol. The predicted octanol–water partition coefficient (Wildman–Crippen LogP) is 7.50. The fourth-order valence-corrected chi connectivity index (χ4v) is 6.57. The molecule has 2 aliphatic carbocycles. The highest BCUT2D eigenvalue weighted by atomic mass is 35.5. The second kappa shape index (κ2) is 12.5. The summed E-state index contributed by atoms with van der Waals surface area (Å²) in [6.45, 7) is 4.57. The number of nitrogens with zero attached hydrogens (tertiary/aromatic N) is 1. The van der Waals surface area contributed by atoms with Crippen LogP contribution in [0.15, 0.2) is 52.9 Å². The molecule has 0 fully saturated rings. The first-order valence-corrected chi connectivity index (χ1v) is 15.0. The van der Waals surface area contributed by atoms with Crippen molar-refractivity contribution in [3.8, 4) is 11.5 Å². The summed E-state index contributed by atoms with van der Waals surface area (Å²) >= 11 is 18.8. The Morgan fingerprint density at radius 3 is 2.12 bits per heavy atom. The first kappa shape index (κ1) is 29.5. The number of Topliss-reactive ketones (excluding diaryl/α,β-unsaturated/α-hetero) is 2. The lowest BCUT2D eigenvalue weighted by Gasteiger charge is -2.43. The quantitative estimate of drug-likeness (QED) is 0.330. The van der Waals surface area contributed by atoms with Gasteiger partial charge in [-0.25, -0.2) is 0 Å². The second-order valence-electron chi connectivity index (χ2n) is 10.2. The van der Waals surface area contributed by atoms with Gasteiger partial charge in [-0.3, -0.25) is 14.4 Å². The Labute approximate surface area is 254 Å². The number of ketones is 2. The molecule has 0 bridgehead atoms. The lowest BCUT2D eigenvalue weighted by atomic mass is 9.71. The summed E-state index contributed by atoms with van der Waals surface area (Å²) in [5.74, 6) is -0.275. The van der Waals surface area contributed by atoms with E-state index in [1.165, 1.54) is 0 Å². The number of carbonyl (C=O) groups is 3. The molecule has 5 rings (SSSR count). The third-order valence-corrected chi connectivity index (χ3v) is 8.64. The molecule has 2 aromatic rings. The molecule has 0 spiro atoms. The summed E-state index contributed by atoms with van der Waals surface area (Å²) in [7, 11) is 0. The van der Waals surface area contributed by atoms with Crippen LogP contribution in [0.3, 0.4) is 0 Å². The molecule has 0 atom stereocenters. The molecule has 1 aliphatic heterocycles. The van der Waals surface area contributed by atoms with Crippen molar-refractivity contribution in [1.82, 2.24) is 4.90 Å². The number of rotatable bonds is 8. The van der Waals surface area contributed by atoms with Gasteiger partial charge in [0.1, 0.15) is 0 Å². The average molecular weight is 618 g/mol. The minimum Gasteiger partial charge on any atom is -0.490 e. The normalized spacial score (nSPS) is 17.4. The molecule has 3 aliphatic rings. The molecule has 2 aromatic carbocycles. The molecular weight excluding hydrogens is 587 g/mol. The van der Waals surface area contributed by atoms with Crippen molar-refractivity contribution in [1.29, 1.82) is 0 Å². The van der Waals surface area contributed by atoms with E-state index in [0.717, 1.165) is 37.1 Å². The highest BCUT2D eigenvalue weighted by Crippen LogP contribution is 2.51. The van der Waals surface area contributed by atoms with Gasteiger partial charge in [0, 0.05) is 53.5 Å². The minimum atomic E-state index is -0.521. The van der Waals surface area contributed by atoms with Crippen molar-refractivity contribution in [3.63, 3.8) is 0 Å². The van der Waals surface area contributed by atoms with E-state index in [2.05, 4.69) is 17.1 Å². The number of nitrogens with one attached hydrogen (secondary N) is 1. The summed E-state index contributed by atoms with van der Waals surface area (Å²) < 4.78 is 11.8. The molecule has 0 aromatic heterocycles. The van der Waals surface area contributed by atoms with Crippen molar-refractivity contribution in [3.05, 3.63) is 73.5 Å². The Morgan fingerprint density at radius 1 is 0.878 bits per heavy atom. The molecule has 0 saturated carbocycles. The van der Waals surface area contributed by atoms with Gasteiger partial charge in [-0.15, -0.1) is 0 Å². The van der Waals surface area contributed by atoms with Gasteiger partial charge in [0.25, 0.3) is 5.91 Å². The van der Waals surface area contributed by atoms with Crippen LogP contribution in [0.5, 0.6) is 11.5 Å². The molecule has 0 unspecified atom stereocenters. The van der Waals surface area contributed by atoms with Gasteiger partial charge in [0.15, 0.2) is 29.7 Å². The highest BCUT2D eigenvalue weighted by Gasteiger charge is 2.43. The number of anilines is 1. The minimum absolute atomic E-state index is 0.0630. The first-order chi connectivity index (χ1) is 19.7. The maximum absolute atomic E-state index is 13.4. The lowest BCUT2D eigenvalue weighted by molar-refractivity contribution is -0.118. The summed E-state index contributed by atoms with van der Waals surface area (Å²) in [6, 6.07) is 8.27. The number of allylic oxidation sites excluding steroid dienone is 4. The zero-order valence-electron chi connectivity index (χ0n) is 23.0.